The molecule has 104 valence electrons. The van der Waals surface area contributed by atoms with Crippen molar-refractivity contribution in [2.24, 2.45) is 0 Å². The maximum atomic E-state index is 12.3. The number of hydrogen-bond acceptors (Lipinski definition) is 4. The van der Waals surface area contributed by atoms with Gasteiger partial charge in [0, 0.05) is 17.8 Å². The van der Waals surface area contributed by atoms with E-state index in [1.807, 2.05) is 31.2 Å². The average Bonchev–Trinajstić information content (AvgIpc) is 2.44. The molecule has 1 rings (SSSR count). The number of aryl methyl sites for hydroxylation is 1. The zero-order chi connectivity index (χ0) is 15.0. The molecule has 1 N–H and O–H groups in total. The lowest BCUT2D eigenvalue weighted by atomic mass is 10.1. The molecule has 20 heavy (non-hydrogen) atoms. The van der Waals surface area contributed by atoms with Crippen LogP contribution in [0.4, 0.5) is 5.69 Å². The molecule has 5 heteroatoms. The van der Waals surface area contributed by atoms with E-state index in [2.05, 4.69) is 12.2 Å². The quantitative estimate of drug-likeness (QED) is 0.804. The lowest BCUT2D eigenvalue weighted by Crippen LogP contribution is -2.32. The molecular weight excluding hydrogens is 252 g/mol. The number of rotatable bonds is 6. The summed E-state index contributed by atoms with van der Waals surface area (Å²) in [6, 6.07) is 9.28. The number of carbonyl (C=O) groups excluding carboxylic acids is 1. The van der Waals surface area contributed by atoms with Crippen molar-refractivity contribution in [1.29, 1.82) is 10.5 Å². The van der Waals surface area contributed by atoms with Gasteiger partial charge in [-0.15, -0.1) is 0 Å². The Labute approximate surface area is 119 Å². The van der Waals surface area contributed by atoms with Gasteiger partial charge in [0.2, 0.25) is 0 Å². The minimum Gasteiger partial charge on any atom is -0.385 e. The highest BCUT2D eigenvalue weighted by molar-refractivity contribution is 5.96. The van der Waals surface area contributed by atoms with Crippen molar-refractivity contribution in [1.82, 2.24) is 4.90 Å². The maximum absolute atomic E-state index is 12.3. The summed E-state index contributed by atoms with van der Waals surface area (Å²) in [5.41, 5.74) is 2.32. The molecular formula is C15H18N4O. The zero-order valence-electron chi connectivity index (χ0n) is 11.8. The minimum atomic E-state index is -0.285. The van der Waals surface area contributed by atoms with Crippen LogP contribution >= 0.6 is 0 Å². The molecule has 0 atom stereocenters. The number of nitriles is 2. The lowest BCUT2D eigenvalue weighted by Gasteiger charge is -2.17. The molecule has 1 aromatic rings. The van der Waals surface area contributed by atoms with Gasteiger partial charge in [-0.05, 0) is 37.1 Å². The van der Waals surface area contributed by atoms with Crippen molar-refractivity contribution in [3.8, 4) is 12.1 Å². The number of nitrogens with one attached hydrogen (secondary N) is 1. The standard InChI is InChI=1S/C15H18N4O/c1-3-8-18-13-4-5-14(12(2)11-13)15(20)19(9-6-16)10-7-17/h4-5,11,18H,3,8-10H2,1-2H3. The number of amides is 1. The highest BCUT2D eigenvalue weighted by Crippen LogP contribution is 2.17. The summed E-state index contributed by atoms with van der Waals surface area (Å²) in [4.78, 5) is 13.5. The molecule has 0 bridgehead atoms. The van der Waals surface area contributed by atoms with Crippen LogP contribution in [0.15, 0.2) is 18.2 Å². The largest absolute Gasteiger partial charge is 0.385 e. The first-order valence-corrected chi connectivity index (χ1v) is 6.51. The van der Waals surface area contributed by atoms with Crippen LogP contribution in [-0.2, 0) is 0 Å². The summed E-state index contributed by atoms with van der Waals surface area (Å²) in [7, 11) is 0. The summed E-state index contributed by atoms with van der Waals surface area (Å²) < 4.78 is 0. The minimum absolute atomic E-state index is 0.0817. The van der Waals surface area contributed by atoms with Gasteiger partial charge in [0.25, 0.3) is 5.91 Å². The third kappa shape index (κ3) is 4.00. The molecule has 0 aliphatic carbocycles. The van der Waals surface area contributed by atoms with Crippen LogP contribution < -0.4 is 5.32 Å². The van der Waals surface area contributed by atoms with Gasteiger partial charge >= 0.3 is 0 Å². The Balaban J connectivity index is 2.93. The molecule has 0 spiro atoms. The van der Waals surface area contributed by atoms with Crippen molar-refractivity contribution in [3.63, 3.8) is 0 Å². The van der Waals surface area contributed by atoms with Crippen LogP contribution in [0.3, 0.4) is 0 Å². The van der Waals surface area contributed by atoms with E-state index < -0.39 is 0 Å². The first-order valence-electron chi connectivity index (χ1n) is 6.51. The first-order chi connectivity index (χ1) is 9.63. The van der Waals surface area contributed by atoms with Gasteiger partial charge in [-0.2, -0.15) is 10.5 Å². The molecule has 0 fully saturated rings. The number of benzene rings is 1. The Bertz CT molecular complexity index is 538. The Kier molecular flexibility index (Phi) is 6.06. The second-order valence-corrected chi connectivity index (χ2v) is 4.43. The number of hydrogen-bond donors (Lipinski definition) is 1. The van der Waals surface area contributed by atoms with Gasteiger partial charge < -0.3 is 10.2 Å². The third-order valence-corrected chi connectivity index (χ3v) is 2.85. The monoisotopic (exact) mass is 270 g/mol. The summed E-state index contributed by atoms with van der Waals surface area (Å²) in [5, 5.41) is 20.7. The molecule has 0 radical (unpaired) electrons. The van der Waals surface area contributed by atoms with E-state index in [1.165, 1.54) is 4.90 Å². The fraction of sp³-hybridized carbons (Fsp3) is 0.400. The summed E-state index contributed by atoms with van der Waals surface area (Å²) in [5.74, 6) is -0.285. The van der Waals surface area contributed by atoms with Crippen molar-refractivity contribution in [3.05, 3.63) is 29.3 Å². The third-order valence-electron chi connectivity index (χ3n) is 2.85. The summed E-state index contributed by atoms with van der Waals surface area (Å²) >= 11 is 0. The van der Waals surface area contributed by atoms with Crippen LogP contribution in [0.25, 0.3) is 0 Å². The van der Waals surface area contributed by atoms with Crippen LogP contribution in [0.2, 0.25) is 0 Å². The Morgan fingerprint density at radius 2 is 1.95 bits per heavy atom. The van der Waals surface area contributed by atoms with Gasteiger partial charge in [0.1, 0.15) is 13.1 Å². The summed E-state index contributed by atoms with van der Waals surface area (Å²) in [6.07, 6.45) is 1.03. The Morgan fingerprint density at radius 1 is 1.30 bits per heavy atom. The highest BCUT2D eigenvalue weighted by Gasteiger charge is 2.17. The summed E-state index contributed by atoms with van der Waals surface area (Å²) in [6.45, 7) is 4.64. The van der Waals surface area contributed by atoms with Crippen molar-refractivity contribution in [2.45, 2.75) is 20.3 Å². The number of anilines is 1. The lowest BCUT2D eigenvalue weighted by molar-refractivity contribution is 0.0794. The van der Waals surface area contributed by atoms with Crippen LogP contribution in [0.5, 0.6) is 0 Å². The molecule has 1 aromatic carbocycles. The Morgan fingerprint density at radius 3 is 2.45 bits per heavy atom. The van der Waals surface area contributed by atoms with Gasteiger partial charge in [-0.3, -0.25) is 4.79 Å². The van der Waals surface area contributed by atoms with E-state index in [-0.39, 0.29) is 19.0 Å². The SMILES string of the molecule is CCCNc1ccc(C(=O)N(CC#N)CC#N)c(C)c1. The molecule has 1 amide bonds. The second kappa shape index (κ2) is 7.81. The maximum Gasteiger partial charge on any atom is 0.255 e. The molecule has 0 aromatic heterocycles. The fourth-order valence-corrected chi connectivity index (χ4v) is 1.82. The van der Waals surface area contributed by atoms with E-state index in [4.69, 9.17) is 10.5 Å². The molecule has 0 saturated carbocycles. The fourth-order valence-electron chi connectivity index (χ4n) is 1.82. The molecule has 0 aliphatic heterocycles. The molecule has 0 saturated heterocycles. The van der Waals surface area contributed by atoms with E-state index in [0.29, 0.717) is 5.56 Å². The Hall–Kier alpha value is -2.53. The van der Waals surface area contributed by atoms with Crippen molar-refractivity contribution < 1.29 is 4.79 Å². The topological polar surface area (TPSA) is 79.9 Å². The predicted octanol–water partition coefficient (Wildman–Crippen LogP) is 2.31. The van der Waals surface area contributed by atoms with Crippen molar-refractivity contribution in [2.75, 3.05) is 25.0 Å². The van der Waals surface area contributed by atoms with E-state index >= 15 is 0 Å². The van der Waals surface area contributed by atoms with E-state index in [0.717, 1.165) is 24.2 Å². The molecule has 0 heterocycles. The van der Waals surface area contributed by atoms with Gasteiger partial charge in [-0.25, -0.2) is 0 Å². The molecule has 0 unspecified atom stereocenters. The molecule has 0 aliphatic rings. The smallest absolute Gasteiger partial charge is 0.255 e. The van der Waals surface area contributed by atoms with Crippen LogP contribution in [-0.4, -0.2) is 30.4 Å². The number of carbonyl (C=O) groups is 1. The van der Waals surface area contributed by atoms with E-state index in [1.54, 1.807) is 6.07 Å². The zero-order valence-corrected chi connectivity index (χ0v) is 11.8. The van der Waals surface area contributed by atoms with Gasteiger partial charge in [0.15, 0.2) is 0 Å². The van der Waals surface area contributed by atoms with Crippen LogP contribution in [0.1, 0.15) is 29.3 Å². The average molecular weight is 270 g/mol. The van der Waals surface area contributed by atoms with Crippen molar-refractivity contribution >= 4 is 11.6 Å². The second-order valence-electron chi connectivity index (χ2n) is 4.43. The van der Waals surface area contributed by atoms with E-state index in [9.17, 15) is 4.79 Å². The normalized spacial score (nSPS) is 9.40. The first kappa shape index (κ1) is 15.5. The molecule has 5 nitrogen and oxygen atoms in total. The highest BCUT2D eigenvalue weighted by atomic mass is 16.2. The number of nitrogens with zero attached hydrogens (tertiary/aromatic N) is 3. The van der Waals surface area contributed by atoms with Gasteiger partial charge in [0.05, 0.1) is 12.1 Å². The van der Waals surface area contributed by atoms with Crippen LogP contribution in [0, 0.1) is 29.6 Å². The van der Waals surface area contributed by atoms with Gasteiger partial charge in [-0.1, -0.05) is 6.92 Å². The predicted molar refractivity (Wildman–Crippen MR) is 77.1 cm³/mol.